The van der Waals surface area contributed by atoms with Gasteiger partial charge in [-0.05, 0) is 51.0 Å². The van der Waals surface area contributed by atoms with E-state index in [1.54, 1.807) is 18.2 Å². The molecule has 28 heavy (non-hydrogen) atoms. The molecule has 1 heterocycles. The van der Waals surface area contributed by atoms with Crippen LogP contribution in [0.25, 0.3) is 10.9 Å². The van der Waals surface area contributed by atoms with Gasteiger partial charge in [-0.25, -0.2) is 4.98 Å². The summed E-state index contributed by atoms with van der Waals surface area (Å²) in [4.78, 5) is 35.5. The minimum absolute atomic E-state index is 0.111. The van der Waals surface area contributed by atoms with E-state index in [1.165, 1.54) is 16.5 Å². The molecular weight excluding hydrogens is 374 g/mol. The van der Waals surface area contributed by atoms with Crippen LogP contribution in [0.5, 0.6) is 0 Å². The predicted octanol–water partition coefficient (Wildman–Crippen LogP) is 3.58. The Morgan fingerprint density at radius 2 is 1.82 bits per heavy atom. The van der Waals surface area contributed by atoms with Crippen LogP contribution in [0.1, 0.15) is 25.0 Å². The maximum Gasteiger partial charge on any atom is 0.295 e. The molecule has 1 N–H and O–H groups in total. The third-order valence-corrected chi connectivity index (χ3v) is 5.02. The van der Waals surface area contributed by atoms with Crippen molar-refractivity contribution in [1.82, 2.24) is 9.71 Å². The number of carbonyl (C=O) groups excluding carboxylic acids is 1. The number of hydrogen-bond acceptors (Lipinski definition) is 5. The van der Waals surface area contributed by atoms with Gasteiger partial charge in [0.1, 0.15) is 6.10 Å². The summed E-state index contributed by atoms with van der Waals surface area (Å²) in [5.74, 6) is -0.0547. The molecule has 0 bridgehead atoms. The van der Waals surface area contributed by atoms with Crippen molar-refractivity contribution in [3.63, 3.8) is 0 Å². The number of nitrogens with zero attached hydrogens (tertiary/aromatic N) is 2. The largest absolute Gasteiger partial charge is 0.406 e. The molecule has 3 rings (SSSR count). The number of benzene rings is 2. The Morgan fingerprint density at radius 1 is 1.14 bits per heavy atom. The zero-order chi connectivity index (χ0) is 20.3. The smallest absolute Gasteiger partial charge is 0.295 e. The van der Waals surface area contributed by atoms with E-state index < -0.39 is 0 Å². The zero-order valence-corrected chi connectivity index (χ0v) is 17.2. The van der Waals surface area contributed by atoms with Crippen LogP contribution in [0.3, 0.4) is 0 Å². The number of hydrogen-bond donors (Lipinski definition) is 1. The molecule has 0 saturated carbocycles. The highest BCUT2D eigenvalue weighted by atomic mass is 32.2. The molecule has 2 aromatic carbocycles. The third kappa shape index (κ3) is 4.36. The number of fused-ring (bicyclic) bond motifs is 1. The molecule has 146 valence electrons. The van der Waals surface area contributed by atoms with Gasteiger partial charge in [0.15, 0.2) is 0 Å². The van der Waals surface area contributed by atoms with E-state index in [1.807, 2.05) is 52.0 Å². The Morgan fingerprint density at radius 3 is 2.50 bits per heavy atom. The number of para-hydroxylation sites is 2. The van der Waals surface area contributed by atoms with Crippen LogP contribution < -0.4 is 15.7 Å². The molecule has 0 saturated heterocycles. The second-order valence-corrected chi connectivity index (χ2v) is 7.71. The highest BCUT2D eigenvalue weighted by Crippen LogP contribution is 2.21. The molecule has 0 aliphatic heterocycles. The van der Waals surface area contributed by atoms with Crippen molar-refractivity contribution in [2.45, 2.75) is 39.0 Å². The van der Waals surface area contributed by atoms with E-state index in [4.69, 9.17) is 4.84 Å². The Kier molecular flexibility index (Phi) is 6.04. The quantitative estimate of drug-likeness (QED) is 0.508. The van der Waals surface area contributed by atoms with Crippen molar-refractivity contribution in [3.8, 4) is 0 Å². The Labute approximate surface area is 167 Å². The van der Waals surface area contributed by atoms with Crippen LogP contribution in [0, 0.1) is 13.8 Å². The van der Waals surface area contributed by atoms with Gasteiger partial charge in [0.25, 0.3) is 5.56 Å². The van der Waals surface area contributed by atoms with Gasteiger partial charge in [-0.3, -0.25) is 9.59 Å². The van der Waals surface area contributed by atoms with Gasteiger partial charge < -0.3 is 10.2 Å². The van der Waals surface area contributed by atoms with Crippen molar-refractivity contribution in [2.75, 3.05) is 11.1 Å². The number of rotatable bonds is 6. The molecule has 0 aliphatic rings. The number of nitrogens with one attached hydrogen (secondary N) is 1. The fourth-order valence-corrected chi connectivity index (χ4v) is 3.55. The van der Waals surface area contributed by atoms with Gasteiger partial charge in [-0.15, -0.1) is 4.73 Å². The van der Waals surface area contributed by atoms with Crippen LogP contribution in [0.2, 0.25) is 0 Å². The first-order valence-corrected chi connectivity index (χ1v) is 10.0. The zero-order valence-electron chi connectivity index (χ0n) is 16.4. The van der Waals surface area contributed by atoms with E-state index >= 15 is 0 Å². The van der Waals surface area contributed by atoms with Crippen LogP contribution in [-0.4, -0.2) is 27.5 Å². The number of carbonyl (C=O) groups is 1. The third-order valence-electron chi connectivity index (χ3n) is 4.10. The Bertz CT molecular complexity index is 1060. The summed E-state index contributed by atoms with van der Waals surface area (Å²) >= 11 is 1.17. The molecule has 0 aliphatic carbocycles. The lowest BCUT2D eigenvalue weighted by Crippen LogP contribution is -2.33. The van der Waals surface area contributed by atoms with Gasteiger partial charge in [0.2, 0.25) is 11.1 Å². The van der Waals surface area contributed by atoms with Crippen LogP contribution in [-0.2, 0) is 4.79 Å². The number of thioether (sulfide) groups is 1. The Balaban J connectivity index is 1.85. The number of anilines is 1. The molecule has 1 amide bonds. The Hall–Kier alpha value is -2.80. The van der Waals surface area contributed by atoms with Crippen LogP contribution in [0.4, 0.5) is 5.69 Å². The number of aromatic nitrogens is 2. The standard InChI is InChI=1S/C21H23N3O3S/c1-13(2)27-24-20(26)16-10-5-6-11-17(16)22-21(24)28-12-18(25)23-19-14(3)8-7-9-15(19)4/h5-11,13H,12H2,1-4H3,(H,23,25). The van der Waals surface area contributed by atoms with Crippen molar-refractivity contribution in [1.29, 1.82) is 0 Å². The molecular formula is C21H23N3O3S. The number of aryl methyl sites for hydroxylation is 2. The van der Waals surface area contributed by atoms with Crippen molar-refractivity contribution in [2.24, 2.45) is 0 Å². The fourth-order valence-electron chi connectivity index (χ4n) is 2.81. The first-order chi connectivity index (χ1) is 13.4. The van der Waals surface area contributed by atoms with Crippen molar-refractivity contribution >= 4 is 34.3 Å². The lowest BCUT2D eigenvalue weighted by atomic mass is 10.1. The van der Waals surface area contributed by atoms with E-state index in [-0.39, 0.29) is 23.3 Å². The predicted molar refractivity (Wildman–Crippen MR) is 113 cm³/mol. The fraction of sp³-hybridized carbons (Fsp3) is 0.286. The molecule has 7 heteroatoms. The maximum atomic E-state index is 12.8. The van der Waals surface area contributed by atoms with Gasteiger partial charge in [-0.1, -0.05) is 42.1 Å². The van der Waals surface area contributed by atoms with E-state index in [2.05, 4.69) is 10.3 Å². The molecule has 0 fully saturated rings. The summed E-state index contributed by atoms with van der Waals surface area (Å²) in [6, 6.07) is 13.0. The van der Waals surface area contributed by atoms with Gasteiger partial charge in [-0.2, -0.15) is 0 Å². The molecule has 0 atom stereocenters. The van der Waals surface area contributed by atoms with Gasteiger partial charge in [0, 0.05) is 5.69 Å². The minimum Gasteiger partial charge on any atom is -0.406 e. The molecule has 0 radical (unpaired) electrons. The van der Waals surface area contributed by atoms with Gasteiger partial charge >= 0.3 is 0 Å². The first kappa shape index (κ1) is 19.9. The monoisotopic (exact) mass is 397 g/mol. The van der Waals surface area contributed by atoms with E-state index in [0.717, 1.165) is 16.8 Å². The van der Waals surface area contributed by atoms with Crippen molar-refractivity contribution < 1.29 is 9.63 Å². The molecule has 1 aromatic heterocycles. The van der Waals surface area contributed by atoms with Crippen LogP contribution in [0.15, 0.2) is 52.4 Å². The first-order valence-electron chi connectivity index (χ1n) is 9.04. The van der Waals surface area contributed by atoms with Crippen molar-refractivity contribution in [3.05, 3.63) is 63.9 Å². The summed E-state index contributed by atoms with van der Waals surface area (Å²) in [5, 5.41) is 3.78. The van der Waals surface area contributed by atoms with Gasteiger partial charge in [0.05, 0.1) is 16.7 Å². The lowest BCUT2D eigenvalue weighted by molar-refractivity contribution is -0.113. The highest BCUT2D eigenvalue weighted by Gasteiger charge is 2.16. The van der Waals surface area contributed by atoms with E-state index in [9.17, 15) is 9.59 Å². The second-order valence-electron chi connectivity index (χ2n) is 6.77. The highest BCUT2D eigenvalue weighted by molar-refractivity contribution is 7.99. The molecule has 6 nitrogen and oxygen atoms in total. The summed E-state index contributed by atoms with van der Waals surface area (Å²) in [5.41, 5.74) is 3.12. The normalized spacial score (nSPS) is 11.0. The summed E-state index contributed by atoms with van der Waals surface area (Å²) in [6.07, 6.45) is -0.205. The topological polar surface area (TPSA) is 73.2 Å². The molecule has 0 unspecified atom stereocenters. The number of amides is 1. The summed E-state index contributed by atoms with van der Waals surface area (Å²) in [7, 11) is 0. The SMILES string of the molecule is Cc1cccc(C)c1NC(=O)CSc1nc2ccccc2c(=O)n1OC(C)C. The van der Waals surface area contributed by atoms with E-state index in [0.29, 0.717) is 16.1 Å². The second kappa shape index (κ2) is 8.48. The maximum absolute atomic E-state index is 12.8. The summed E-state index contributed by atoms with van der Waals surface area (Å²) < 4.78 is 1.18. The average molecular weight is 398 g/mol. The van der Waals surface area contributed by atoms with Crippen LogP contribution >= 0.6 is 11.8 Å². The summed E-state index contributed by atoms with van der Waals surface area (Å²) in [6.45, 7) is 7.58. The average Bonchev–Trinajstić information content (AvgIpc) is 2.65. The molecule has 3 aromatic rings. The lowest BCUT2D eigenvalue weighted by Gasteiger charge is -2.16. The minimum atomic E-state index is -0.281. The molecule has 0 spiro atoms.